The molecule has 0 radical (unpaired) electrons. The minimum Gasteiger partial charge on any atom is -0.496 e. The van der Waals surface area contributed by atoms with Crippen LogP contribution in [-0.4, -0.2) is 39.6 Å². The fourth-order valence-electron chi connectivity index (χ4n) is 3.67. The van der Waals surface area contributed by atoms with Crippen LogP contribution in [0.15, 0.2) is 53.7 Å². The summed E-state index contributed by atoms with van der Waals surface area (Å²) in [5.41, 5.74) is 3.14. The molecule has 3 aromatic rings. The van der Waals surface area contributed by atoms with Crippen molar-refractivity contribution in [2.45, 2.75) is 30.2 Å². The highest BCUT2D eigenvalue weighted by molar-refractivity contribution is 8.00. The molecule has 0 saturated heterocycles. The van der Waals surface area contributed by atoms with Gasteiger partial charge in [0.15, 0.2) is 11.0 Å². The van der Waals surface area contributed by atoms with Crippen LogP contribution in [-0.2, 0) is 18.3 Å². The number of thioether (sulfide) groups is 1. The Kier molecular flexibility index (Phi) is 5.58. The van der Waals surface area contributed by atoms with Crippen LogP contribution in [0.25, 0.3) is 11.4 Å². The van der Waals surface area contributed by atoms with Gasteiger partial charge in [-0.15, -0.1) is 10.2 Å². The van der Waals surface area contributed by atoms with E-state index in [4.69, 9.17) is 4.74 Å². The molecular weight excluding hydrogens is 384 g/mol. The number of carbonyl (C=O) groups is 1. The third-order valence-electron chi connectivity index (χ3n) is 5.19. The van der Waals surface area contributed by atoms with Crippen molar-refractivity contribution in [2.75, 3.05) is 18.6 Å². The Hall–Kier alpha value is -2.80. The molecule has 1 aliphatic heterocycles. The zero-order chi connectivity index (χ0) is 20.4. The molecule has 0 fully saturated rings. The van der Waals surface area contributed by atoms with Crippen LogP contribution in [0.2, 0.25) is 0 Å². The van der Waals surface area contributed by atoms with Gasteiger partial charge in [0.05, 0.1) is 17.9 Å². The maximum absolute atomic E-state index is 13.2. The molecule has 1 aliphatic rings. The SMILES string of the molecule is COc1ccccc1-c1nnc(SC(C)C(=O)N2CCCc3ccccc32)n1C. The predicted molar refractivity (Wildman–Crippen MR) is 115 cm³/mol. The number of anilines is 1. The molecule has 0 saturated carbocycles. The Balaban J connectivity index is 1.55. The maximum Gasteiger partial charge on any atom is 0.240 e. The van der Waals surface area contributed by atoms with E-state index in [-0.39, 0.29) is 11.2 Å². The van der Waals surface area contributed by atoms with Crippen molar-refractivity contribution in [3.05, 3.63) is 54.1 Å². The minimum atomic E-state index is -0.269. The van der Waals surface area contributed by atoms with Crippen molar-refractivity contribution in [1.82, 2.24) is 14.8 Å². The molecule has 4 rings (SSSR count). The van der Waals surface area contributed by atoms with Crippen molar-refractivity contribution >= 4 is 23.4 Å². The number of nitrogens with zero attached hydrogens (tertiary/aromatic N) is 4. The Morgan fingerprint density at radius 1 is 1.14 bits per heavy atom. The van der Waals surface area contributed by atoms with Gasteiger partial charge in [0.2, 0.25) is 5.91 Å². The molecule has 0 N–H and O–H groups in total. The van der Waals surface area contributed by atoms with E-state index in [0.717, 1.165) is 36.4 Å². The summed E-state index contributed by atoms with van der Waals surface area (Å²) in [5, 5.41) is 9.11. The van der Waals surface area contributed by atoms with Gasteiger partial charge in [0.1, 0.15) is 5.75 Å². The fourth-order valence-corrected chi connectivity index (χ4v) is 4.55. The Morgan fingerprint density at radius 3 is 2.72 bits per heavy atom. The van der Waals surface area contributed by atoms with Crippen LogP contribution in [0, 0.1) is 0 Å². The lowest BCUT2D eigenvalue weighted by atomic mass is 10.0. The number of methoxy groups -OCH3 is 1. The van der Waals surface area contributed by atoms with E-state index in [9.17, 15) is 4.79 Å². The second-order valence-corrected chi connectivity index (χ2v) is 8.36. The van der Waals surface area contributed by atoms with Gasteiger partial charge >= 0.3 is 0 Å². The molecule has 150 valence electrons. The summed E-state index contributed by atoms with van der Waals surface area (Å²) in [4.78, 5) is 15.1. The highest BCUT2D eigenvalue weighted by atomic mass is 32.2. The largest absolute Gasteiger partial charge is 0.496 e. The number of para-hydroxylation sites is 2. The average molecular weight is 409 g/mol. The predicted octanol–water partition coefficient (Wildman–Crippen LogP) is 3.95. The molecule has 1 atom stereocenters. The normalized spacial score (nSPS) is 14.4. The first kappa shape index (κ1) is 19.5. The van der Waals surface area contributed by atoms with E-state index in [0.29, 0.717) is 11.0 Å². The third kappa shape index (κ3) is 3.74. The van der Waals surface area contributed by atoms with Gasteiger partial charge in [0, 0.05) is 19.3 Å². The number of hydrogen-bond donors (Lipinski definition) is 0. The topological polar surface area (TPSA) is 60.3 Å². The number of amides is 1. The van der Waals surface area contributed by atoms with Crippen LogP contribution >= 0.6 is 11.8 Å². The summed E-state index contributed by atoms with van der Waals surface area (Å²) in [6.45, 7) is 2.69. The second-order valence-electron chi connectivity index (χ2n) is 7.05. The van der Waals surface area contributed by atoms with Gasteiger partial charge in [0.25, 0.3) is 0 Å². The minimum absolute atomic E-state index is 0.101. The number of rotatable bonds is 5. The number of aromatic nitrogens is 3. The van der Waals surface area contributed by atoms with Crippen LogP contribution in [0.1, 0.15) is 18.9 Å². The van der Waals surface area contributed by atoms with E-state index >= 15 is 0 Å². The van der Waals surface area contributed by atoms with Crippen molar-refractivity contribution in [2.24, 2.45) is 7.05 Å². The fraction of sp³-hybridized carbons (Fsp3) is 0.318. The molecule has 1 unspecified atom stereocenters. The van der Waals surface area contributed by atoms with Crippen molar-refractivity contribution in [3.8, 4) is 17.1 Å². The summed E-state index contributed by atoms with van der Waals surface area (Å²) in [6, 6.07) is 15.9. The number of carbonyl (C=O) groups excluding carboxylic acids is 1. The number of ether oxygens (including phenoxy) is 1. The number of fused-ring (bicyclic) bond motifs is 1. The van der Waals surface area contributed by atoms with Gasteiger partial charge in [-0.1, -0.05) is 42.1 Å². The molecule has 0 aliphatic carbocycles. The third-order valence-corrected chi connectivity index (χ3v) is 6.31. The Morgan fingerprint density at radius 2 is 1.90 bits per heavy atom. The van der Waals surface area contributed by atoms with Gasteiger partial charge in [-0.25, -0.2) is 0 Å². The average Bonchev–Trinajstić information content (AvgIpc) is 3.12. The molecule has 29 heavy (non-hydrogen) atoms. The first-order chi connectivity index (χ1) is 14.1. The molecule has 7 heteroatoms. The number of hydrogen-bond acceptors (Lipinski definition) is 5. The summed E-state index contributed by atoms with van der Waals surface area (Å²) in [6.07, 6.45) is 2.01. The maximum atomic E-state index is 13.2. The molecule has 1 amide bonds. The molecule has 0 spiro atoms. The van der Waals surface area contributed by atoms with E-state index in [2.05, 4.69) is 16.3 Å². The van der Waals surface area contributed by atoms with Crippen LogP contribution in [0.5, 0.6) is 5.75 Å². The molecule has 1 aromatic heterocycles. The van der Waals surface area contributed by atoms with E-state index in [1.165, 1.54) is 17.3 Å². The second kappa shape index (κ2) is 8.29. The van der Waals surface area contributed by atoms with Crippen LogP contribution < -0.4 is 9.64 Å². The zero-order valence-electron chi connectivity index (χ0n) is 16.8. The van der Waals surface area contributed by atoms with E-state index in [1.54, 1.807) is 7.11 Å². The summed E-state index contributed by atoms with van der Waals surface area (Å²) in [7, 11) is 3.56. The summed E-state index contributed by atoms with van der Waals surface area (Å²) in [5.74, 6) is 1.56. The lowest BCUT2D eigenvalue weighted by Gasteiger charge is -2.31. The Labute approximate surface area is 174 Å². The lowest BCUT2D eigenvalue weighted by Crippen LogP contribution is -2.40. The smallest absolute Gasteiger partial charge is 0.240 e. The van der Waals surface area contributed by atoms with Crippen LogP contribution in [0.4, 0.5) is 5.69 Å². The van der Waals surface area contributed by atoms with Crippen LogP contribution in [0.3, 0.4) is 0 Å². The number of aryl methyl sites for hydroxylation is 1. The summed E-state index contributed by atoms with van der Waals surface area (Å²) < 4.78 is 7.36. The first-order valence-corrected chi connectivity index (χ1v) is 10.6. The van der Waals surface area contributed by atoms with Gasteiger partial charge in [-0.2, -0.15) is 0 Å². The Bertz CT molecular complexity index is 1030. The van der Waals surface area contributed by atoms with E-state index < -0.39 is 0 Å². The lowest BCUT2D eigenvalue weighted by molar-refractivity contribution is -0.117. The molecular formula is C22H24N4O2S. The molecule has 0 bridgehead atoms. The summed E-state index contributed by atoms with van der Waals surface area (Å²) >= 11 is 1.43. The van der Waals surface area contributed by atoms with Gasteiger partial charge in [-0.3, -0.25) is 4.79 Å². The van der Waals surface area contributed by atoms with Gasteiger partial charge < -0.3 is 14.2 Å². The van der Waals surface area contributed by atoms with E-state index in [1.807, 2.05) is 65.9 Å². The highest BCUT2D eigenvalue weighted by Crippen LogP contribution is 2.33. The van der Waals surface area contributed by atoms with Crippen molar-refractivity contribution < 1.29 is 9.53 Å². The monoisotopic (exact) mass is 408 g/mol. The molecule has 6 nitrogen and oxygen atoms in total. The van der Waals surface area contributed by atoms with Gasteiger partial charge in [-0.05, 0) is 43.5 Å². The molecule has 2 heterocycles. The first-order valence-electron chi connectivity index (χ1n) is 9.69. The molecule has 2 aromatic carbocycles. The van der Waals surface area contributed by atoms with Crippen molar-refractivity contribution in [3.63, 3.8) is 0 Å². The quantitative estimate of drug-likeness (QED) is 0.598. The highest BCUT2D eigenvalue weighted by Gasteiger charge is 2.28. The standard InChI is InChI=1S/C22H24N4O2S/c1-15(21(27)26-14-8-10-16-9-4-6-12-18(16)26)29-22-24-23-20(25(22)2)17-11-5-7-13-19(17)28-3/h4-7,9,11-13,15H,8,10,14H2,1-3H3. The number of benzene rings is 2. The van der Waals surface area contributed by atoms with Crippen molar-refractivity contribution in [1.29, 1.82) is 0 Å². The zero-order valence-corrected chi connectivity index (χ0v) is 17.6.